The molecule has 1 fully saturated rings. The normalized spacial score (nSPS) is 22.3. The minimum Gasteiger partial charge on any atom is -0.314 e. The summed E-state index contributed by atoms with van der Waals surface area (Å²) in [6.45, 7) is 4.99. The Balaban J connectivity index is 2.05. The largest absolute Gasteiger partial charge is 0.314 e. The Morgan fingerprint density at radius 3 is 3.00 bits per heavy atom. The molecule has 0 saturated carbocycles. The Labute approximate surface area is 96.5 Å². The van der Waals surface area contributed by atoms with Crippen molar-refractivity contribution in [3.8, 4) is 0 Å². The van der Waals surface area contributed by atoms with E-state index in [1.807, 2.05) is 19.1 Å². The summed E-state index contributed by atoms with van der Waals surface area (Å²) in [5, 5.41) is 3.40. The first kappa shape index (κ1) is 11.6. The molecule has 88 valence electrons. The van der Waals surface area contributed by atoms with E-state index < -0.39 is 0 Å². The highest BCUT2D eigenvalue weighted by atomic mass is 19.1. The highest BCUT2D eigenvalue weighted by molar-refractivity contribution is 5.24. The maximum Gasteiger partial charge on any atom is 0.126 e. The van der Waals surface area contributed by atoms with Gasteiger partial charge in [0.15, 0.2) is 0 Å². The van der Waals surface area contributed by atoms with Crippen molar-refractivity contribution >= 4 is 0 Å². The quantitative estimate of drug-likeness (QED) is 0.817. The van der Waals surface area contributed by atoms with Gasteiger partial charge in [0.2, 0.25) is 0 Å². The number of nitrogens with zero attached hydrogens (tertiary/aromatic N) is 1. The summed E-state index contributed by atoms with van der Waals surface area (Å²) in [6, 6.07) is 5.95. The van der Waals surface area contributed by atoms with Gasteiger partial charge in [-0.25, -0.2) is 4.39 Å². The van der Waals surface area contributed by atoms with Gasteiger partial charge in [0.05, 0.1) is 0 Å². The lowest BCUT2D eigenvalue weighted by atomic mass is 10.0. The Morgan fingerprint density at radius 2 is 2.31 bits per heavy atom. The van der Waals surface area contributed by atoms with Crippen LogP contribution in [0, 0.1) is 12.7 Å². The van der Waals surface area contributed by atoms with Gasteiger partial charge in [-0.3, -0.25) is 0 Å². The predicted molar refractivity (Wildman–Crippen MR) is 64.1 cm³/mol. The van der Waals surface area contributed by atoms with E-state index >= 15 is 0 Å². The molecule has 16 heavy (non-hydrogen) atoms. The maximum absolute atomic E-state index is 13.1. The molecule has 0 radical (unpaired) electrons. The summed E-state index contributed by atoms with van der Waals surface area (Å²) in [6.07, 6.45) is 0.991. The second kappa shape index (κ2) is 4.93. The summed E-state index contributed by atoms with van der Waals surface area (Å²) in [7, 11) is 2.15. The molecule has 3 heteroatoms. The van der Waals surface area contributed by atoms with Crippen LogP contribution in [-0.2, 0) is 6.42 Å². The van der Waals surface area contributed by atoms with E-state index in [9.17, 15) is 4.39 Å². The van der Waals surface area contributed by atoms with E-state index in [-0.39, 0.29) is 5.82 Å². The van der Waals surface area contributed by atoms with Crippen LogP contribution >= 0.6 is 0 Å². The van der Waals surface area contributed by atoms with Gasteiger partial charge in [0.1, 0.15) is 5.82 Å². The van der Waals surface area contributed by atoms with Gasteiger partial charge in [-0.15, -0.1) is 0 Å². The number of aryl methyl sites for hydroxylation is 1. The minimum absolute atomic E-state index is 0.112. The molecule has 0 spiro atoms. The van der Waals surface area contributed by atoms with Crippen molar-refractivity contribution in [2.75, 3.05) is 26.7 Å². The second-order valence-electron chi connectivity index (χ2n) is 4.63. The number of nitrogens with one attached hydrogen (secondary N) is 1. The molecule has 1 atom stereocenters. The molecular formula is C13H19FN2. The van der Waals surface area contributed by atoms with Gasteiger partial charge < -0.3 is 10.2 Å². The molecular weight excluding hydrogens is 203 g/mol. The van der Waals surface area contributed by atoms with E-state index in [1.165, 1.54) is 5.56 Å². The van der Waals surface area contributed by atoms with Crippen molar-refractivity contribution in [2.24, 2.45) is 0 Å². The molecule has 1 unspecified atom stereocenters. The number of halogens is 1. The second-order valence-corrected chi connectivity index (χ2v) is 4.63. The van der Waals surface area contributed by atoms with Crippen molar-refractivity contribution in [1.29, 1.82) is 0 Å². The Bertz CT molecular complexity index is 365. The van der Waals surface area contributed by atoms with Crippen molar-refractivity contribution in [3.63, 3.8) is 0 Å². The van der Waals surface area contributed by atoms with E-state index in [0.29, 0.717) is 6.04 Å². The number of benzene rings is 1. The highest BCUT2D eigenvalue weighted by Crippen LogP contribution is 2.13. The molecule has 1 aromatic rings. The summed E-state index contributed by atoms with van der Waals surface area (Å²) in [5.74, 6) is -0.112. The zero-order chi connectivity index (χ0) is 11.5. The molecule has 1 heterocycles. The molecule has 2 rings (SSSR count). The first-order valence-electron chi connectivity index (χ1n) is 5.83. The SMILES string of the molecule is Cc1cc(CC2CNCCN2C)ccc1F. The number of rotatable bonds is 2. The van der Waals surface area contributed by atoms with Crippen molar-refractivity contribution in [1.82, 2.24) is 10.2 Å². The third kappa shape index (κ3) is 2.60. The van der Waals surface area contributed by atoms with Crippen LogP contribution in [-0.4, -0.2) is 37.6 Å². The first-order chi connectivity index (χ1) is 7.66. The van der Waals surface area contributed by atoms with Crippen molar-refractivity contribution in [3.05, 3.63) is 35.1 Å². The molecule has 0 amide bonds. The van der Waals surface area contributed by atoms with Gasteiger partial charge in [-0.05, 0) is 37.6 Å². The topological polar surface area (TPSA) is 15.3 Å². The van der Waals surface area contributed by atoms with Gasteiger partial charge in [0.25, 0.3) is 0 Å². The smallest absolute Gasteiger partial charge is 0.126 e. The molecule has 1 aromatic carbocycles. The van der Waals surface area contributed by atoms with Crippen LogP contribution in [0.2, 0.25) is 0 Å². The molecule has 1 saturated heterocycles. The maximum atomic E-state index is 13.1. The van der Waals surface area contributed by atoms with Gasteiger partial charge in [-0.2, -0.15) is 0 Å². The van der Waals surface area contributed by atoms with Gasteiger partial charge >= 0.3 is 0 Å². The number of piperazine rings is 1. The van der Waals surface area contributed by atoms with Crippen molar-refractivity contribution < 1.29 is 4.39 Å². The molecule has 0 aromatic heterocycles. The van der Waals surface area contributed by atoms with Crippen molar-refractivity contribution in [2.45, 2.75) is 19.4 Å². The van der Waals surface area contributed by atoms with Crippen LogP contribution in [0.3, 0.4) is 0 Å². The van der Waals surface area contributed by atoms with Crippen LogP contribution < -0.4 is 5.32 Å². The van der Waals surface area contributed by atoms with Crippen LogP contribution in [0.25, 0.3) is 0 Å². The molecule has 0 aliphatic carbocycles. The molecule has 1 N–H and O–H groups in total. The summed E-state index contributed by atoms with van der Waals surface area (Å²) >= 11 is 0. The Morgan fingerprint density at radius 1 is 1.50 bits per heavy atom. The van der Waals surface area contributed by atoms with Gasteiger partial charge in [-0.1, -0.05) is 12.1 Å². The summed E-state index contributed by atoms with van der Waals surface area (Å²) in [5.41, 5.74) is 1.96. The zero-order valence-corrected chi connectivity index (χ0v) is 9.96. The lowest BCUT2D eigenvalue weighted by Gasteiger charge is -2.33. The van der Waals surface area contributed by atoms with E-state index in [1.54, 1.807) is 6.07 Å². The predicted octanol–water partition coefficient (Wildman–Crippen LogP) is 1.58. The first-order valence-corrected chi connectivity index (χ1v) is 5.83. The Kier molecular flexibility index (Phi) is 3.56. The lowest BCUT2D eigenvalue weighted by Crippen LogP contribution is -2.50. The van der Waals surface area contributed by atoms with Crippen LogP contribution in [0.5, 0.6) is 0 Å². The van der Waals surface area contributed by atoms with Crippen LogP contribution in [0.4, 0.5) is 4.39 Å². The number of hydrogen-bond acceptors (Lipinski definition) is 2. The van der Waals surface area contributed by atoms with Crippen LogP contribution in [0.1, 0.15) is 11.1 Å². The fraction of sp³-hybridized carbons (Fsp3) is 0.538. The fourth-order valence-electron chi connectivity index (χ4n) is 2.20. The number of hydrogen-bond donors (Lipinski definition) is 1. The van der Waals surface area contributed by atoms with E-state index in [4.69, 9.17) is 0 Å². The standard InChI is InChI=1S/C13H19FN2/c1-10-7-11(3-4-13(10)14)8-12-9-15-5-6-16(12)2/h3-4,7,12,15H,5-6,8-9H2,1-2H3. The molecule has 2 nitrogen and oxygen atoms in total. The third-order valence-corrected chi connectivity index (χ3v) is 3.34. The minimum atomic E-state index is -0.112. The van der Waals surface area contributed by atoms with E-state index in [2.05, 4.69) is 17.3 Å². The summed E-state index contributed by atoms with van der Waals surface area (Å²) in [4.78, 5) is 2.37. The average molecular weight is 222 g/mol. The zero-order valence-electron chi connectivity index (χ0n) is 9.96. The molecule has 1 aliphatic rings. The highest BCUT2D eigenvalue weighted by Gasteiger charge is 2.18. The molecule has 1 aliphatic heterocycles. The lowest BCUT2D eigenvalue weighted by molar-refractivity contribution is 0.199. The fourth-order valence-corrected chi connectivity index (χ4v) is 2.20. The van der Waals surface area contributed by atoms with E-state index in [0.717, 1.165) is 31.6 Å². The monoisotopic (exact) mass is 222 g/mol. The molecule has 0 bridgehead atoms. The third-order valence-electron chi connectivity index (χ3n) is 3.34. The summed E-state index contributed by atoms with van der Waals surface area (Å²) < 4.78 is 13.1. The number of likely N-dealkylation sites (N-methyl/N-ethyl adjacent to an activating group) is 1. The average Bonchev–Trinajstić information content (AvgIpc) is 2.27. The van der Waals surface area contributed by atoms with Crippen LogP contribution in [0.15, 0.2) is 18.2 Å². The van der Waals surface area contributed by atoms with Gasteiger partial charge in [0, 0.05) is 25.7 Å². The Hall–Kier alpha value is -0.930.